The van der Waals surface area contributed by atoms with Crippen molar-refractivity contribution in [2.75, 3.05) is 31.7 Å². The fourth-order valence-corrected chi connectivity index (χ4v) is 8.29. The van der Waals surface area contributed by atoms with Gasteiger partial charge in [0.1, 0.15) is 10.6 Å². The summed E-state index contributed by atoms with van der Waals surface area (Å²) >= 11 is 12.2. The van der Waals surface area contributed by atoms with Crippen molar-refractivity contribution >= 4 is 43.1 Å². The molecule has 2 fully saturated rings. The molecule has 0 bridgehead atoms. The lowest BCUT2D eigenvalue weighted by atomic mass is 9.80. The highest BCUT2D eigenvalue weighted by atomic mass is 35.5. The van der Waals surface area contributed by atoms with E-state index in [1.807, 2.05) is 0 Å². The largest absolute Gasteiger partial charge is 0.495 e. The van der Waals surface area contributed by atoms with Gasteiger partial charge < -0.3 is 4.74 Å². The van der Waals surface area contributed by atoms with E-state index in [0.29, 0.717) is 25.1 Å². The third-order valence-corrected chi connectivity index (χ3v) is 9.40. The lowest BCUT2D eigenvalue weighted by Crippen LogP contribution is -2.46. The third-order valence-electron chi connectivity index (χ3n) is 4.92. The minimum Gasteiger partial charge on any atom is -0.495 e. The maximum absolute atomic E-state index is 13.1. The highest BCUT2D eigenvalue weighted by Crippen LogP contribution is 2.43. The number of sulfone groups is 1. The van der Waals surface area contributed by atoms with Crippen molar-refractivity contribution in [3.05, 3.63) is 22.2 Å². The minimum atomic E-state index is -3.87. The summed E-state index contributed by atoms with van der Waals surface area (Å²) in [7, 11) is -5.55. The predicted octanol–water partition coefficient (Wildman–Crippen LogP) is 2.59. The van der Waals surface area contributed by atoms with E-state index in [9.17, 15) is 16.8 Å². The van der Waals surface area contributed by atoms with Gasteiger partial charge in [-0.25, -0.2) is 16.8 Å². The van der Waals surface area contributed by atoms with E-state index in [1.54, 1.807) is 0 Å². The van der Waals surface area contributed by atoms with Crippen LogP contribution in [0.5, 0.6) is 5.75 Å². The molecule has 1 spiro atoms. The van der Waals surface area contributed by atoms with Gasteiger partial charge in [0.2, 0.25) is 10.0 Å². The number of sulfonamides is 1. The zero-order valence-electron chi connectivity index (χ0n) is 13.7. The molecule has 140 valence electrons. The Labute approximate surface area is 158 Å². The maximum Gasteiger partial charge on any atom is 0.244 e. The van der Waals surface area contributed by atoms with Crippen molar-refractivity contribution in [3.8, 4) is 5.75 Å². The van der Waals surface area contributed by atoms with Crippen molar-refractivity contribution in [1.29, 1.82) is 0 Å². The Morgan fingerprint density at radius 2 is 1.92 bits per heavy atom. The van der Waals surface area contributed by atoms with E-state index < -0.39 is 25.3 Å². The third kappa shape index (κ3) is 3.64. The van der Waals surface area contributed by atoms with Crippen molar-refractivity contribution < 1.29 is 21.6 Å². The van der Waals surface area contributed by atoms with Crippen LogP contribution < -0.4 is 4.74 Å². The quantitative estimate of drug-likeness (QED) is 0.740. The molecular weight excluding hydrogens is 409 g/mol. The van der Waals surface area contributed by atoms with Crippen LogP contribution in [0.25, 0.3) is 0 Å². The summed E-state index contributed by atoms with van der Waals surface area (Å²) in [6.45, 7) is 0.526. The second-order valence-corrected chi connectivity index (χ2v) is 11.6. The number of hydrogen-bond donors (Lipinski definition) is 0. The molecule has 6 nitrogen and oxygen atoms in total. The van der Waals surface area contributed by atoms with Crippen LogP contribution in [0.3, 0.4) is 0 Å². The fraction of sp³-hybridized carbons (Fsp3) is 0.600. The molecule has 0 saturated carbocycles. The SMILES string of the molecule is COc1cc(Cl)c(S(=O)(=O)N2CCCC3(CCS(=O)(=O)C3)C2)cc1Cl. The summed E-state index contributed by atoms with van der Waals surface area (Å²) in [5.74, 6) is 0.460. The average molecular weight is 428 g/mol. The molecule has 1 unspecified atom stereocenters. The molecule has 25 heavy (non-hydrogen) atoms. The number of rotatable bonds is 3. The average Bonchev–Trinajstić information content (AvgIpc) is 2.83. The first-order chi connectivity index (χ1) is 11.6. The van der Waals surface area contributed by atoms with Crippen LogP contribution in [-0.4, -0.2) is 52.8 Å². The molecule has 3 rings (SSSR count). The van der Waals surface area contributed by atoms with Crippen molar-refractivity contribution in [2.24, 2.45) is 5.41 Å². The fourth-order valence-electron chi connectivity index (χ4n) is 3.68. The molecule has 2 aliphatic heterocycles. The lowest BCUT2D eigenvalue weighted by molar-refractivity contribution is 0.173. The van der Waals surface area contributed by atoms with E-state index in [4.69, 9.17) is 27.9 Å². The molecule has 0 aromatic heterocycles. The van der Waals surface area contributed by atoms with Crippen LogP contribution in [0, 0.1) is 5.41 Å². The van der Waals surface area contributed by atoms with E-state index in [1.165, 1.54) is 23.5 Å². The molecule has 1 aromatic rings. The summed E-state index contributed by atoms with van der Waals surface area (Å²) in [6.07, 6.45) is 1.84. The second kappa shape index (κ2) is 6.56. The highest BCUT2D eigenvalue weighted by Gasteiger charge is 2.47. The van der Waals surface area contributed by atoms with Gasteiger partial charge in [-0.1, -0.05) is 23.2 Å². The molecule has 2 saturated heterocycles. The molecule has 2 aliphatic rings. The second-order valence-electron chi connectivity index (χ2n) is 6.70. The Kier molecular flexibility index (Phi) is 5.05. The first kappa shape index (κ1) is 19.2. The Hall–Kier alpha value is -0.540. The molecule has 1 aromatic carbocycles. The lowest BCUT2D eigenvalue weighted by Gasteiger charge is -2.38. The van der Waals surface area contributed by atoms with Gasteiger partial charge in [0.15, 0.2) is 9.84 Å². The molecule has 0 amide bonds. The summed E-state index contributed by atoms with van der Waals surface area (Å²) < 4.78 is 56.2. The first-order valence-electron chi connectivity index (χ1n) is 7.82. The van der Waals surface area contributed by atoms with Crippen molar-refractivity contribution in [1.82, 2.24) is 4.31 Å². The summed E-state index contributed by atoms with van der Waals surface area (Å²) in [6, 6.07) is 2.65. The van der Waals surface area contributed by atoms with E-state index in [0.717, 1.165) is 6.42 Å². The number of halogens is 2. The van der Waals surface area contributed by atoms with Crippen LogP contribution in [0.15, 0.2) is 17.0 Å². The molecule has 0 aliphatic carbocycles. The molecule has 0 radical (unpaired) electrons. The Bertz CT molecular complexity index is 901. The van der Waals surface area contributed by atoms with Crippen molar-refractivity contribution in [2.45, 2.75) is 24.2 Å². The van der Waals surface area contributed by atoms with Gasteiger partial charge in [-0.15, -0.1) is 0 Å². The first-order valence-corrected chi connectivity index (χ1v) is 11.8. The maximum atomic E-state index is 13.1. The topological polar surface area (TPSA) is 80.8 Å². The number of methoxy groups -OCH3 is 1. The van der Waals surface area contributed by atoms with Gasteiger partial charge in [-0.3, -0.25) is 0 Å². The predicted molar refractivity (Wildman–Crippen MR) is 96.7 cm³/mol. The number of ether oxygens (including phenoxy) is 1. The van der Waals surface area contributed by atoms with E-state index in [2.05, 4.69) is 0 Å². The van der Waals surface area contributed by atoms with Crippen LogP contribution in [0.2, 0.25) is 10.0 Å². The number of hydrogen-bond acceptors (Lipinski definition) is 5. The van der Waals surface area contributed by atoms with E-state index in [-0.39, 0.29) is 33.0 Å². The van der Waals surface area contributed by atoms with Gasteiger partial charge in [-0.2, -0.15) is 4.31 Å². The van der Waals surface area contributed by atoms with Crippen LogP contribution in [0.1, 0.15) is 19.3 Å². The van der Waals surface area contributed by atoms with E-state index >= 15 is 0 Å². The van der Waals surface area contributed by atoms with Gasteiger partial charge in [0.25, 0.3) is 0 Å². The number of benzene rings is 1. The van der Waals surface area contributed by atoms with Gasteiger partial charge in [0, 0.05) is 19.2 Å². The molecule has 10 heteroatoms. The Morgan fingerprint density at radius 1 is 1.20 bits per heavy atom. The van der Waals surface area contributed by atoms with Crippen LogP contribution in [0.4, 0.5) is 0 Å². The normalized spacial score (nSPS) is 26.8. The zero-order chi connectivity index (χ0) is 18.5. The standard InChI is InChI=1S/C15H19Cl2NO5S2/c1-23-13-7-12(17)14(8-11(13)16)25(21,22)18-5-2-3-15(9-18)4-6-24(19,20)10-15/h7-8H,2-6,9-10H2,1H3. The van der Waals surface area contributed by atoms with Gasteiger partial charge >= 0.3 is 0 Å². The summed E-state index contributed by atoms with van der Waals surface area (Å²) in [5.41, 5.74) is -0.493. The van der Waals surface area contributed by atoms with Gasteiger partial charge in [0.05, 0.1) is 28.7 Å². The monoisotopic (exact) mass is 427 g/mol. The molecule has 2 heterocycles. The van der Waals surface area contributed by atoms with Crippen LogP contribution in [-0.2, 0) is 19.9 Å². The molecular formula is C15H19Cl2NO5S2. The molecule has 0 N–H and O–H groups in total. The minimum absolute atomic E-state index is 0.0277. The zero-order valence-corrected chi connectivity index (χ0v) is 16.8. The summed E-state index contributed by atoms with van der Waals surface area (Å²) in [4.78, 5) is -0.0853. The number of piperidine rings is 1. The highest BCUT2D eigenvalue weighted by molar-refractivity contribution is 7.91. The van der Waals surface area contributed by atoms with Gasteiger partial charge in [-0.05, 0) is 30.7 Å². The Balaban J connectivity index is 1.94. The summed E-state index contributed by atoms with van der Waals surface area (Å²) in [5, 5.41) is 0.181. The van der Waals surface area contributed by atoms with Crippen LogP contribution >= 0.6 is 23.2 Å². The Morgan fingerprint density at radius 3 is 2.52 bits per heavy atom. The van der Waals surface area contributed by atoms with Crippen molar-refractivity contribution in [3.63, 3.8) is 0 Å². The smallest absolute Gasteiger partial charge is 0.244 e. The number of nitrogens with zero attached hydrogens (tertiary/aromatic N) is 1. The molecule has 1 atom stereocenters.